The second-order valence-corrected chi connectivity index (χ2v) is 7.53. The Bertz CT molecular complexity index is 744. The molecular weight excluding hydrogens is 428 g/mol. The average Bonchev–Trinajstić information content (AvgIpc) is 2.78. The molecule has 2 aliphatic rings. The first-order chi connectivity index (χ1) is 15.2. The molecule has 11 nitrogen and oxygen atoms in total. The molecule has 0 saturated carbocycles. The number of rotatable bonds is 9. The first-order valence-electron chi connectivity index (χ1n) is 10.1. The molecule has 0 aromatic rings. The molecule has 2 heterocycles. The van der Waals surface area contributed by atoms with Crippen LogP contribution in [0.25, 0.3) is 0 Å². The number of aliphatic hydroxyl groups is 4. The third-order valence-corrected chi connectivity index (χ3v) is 5.56. The minimum atomic E-state index is -1.66. The predicted octanol–water partition coefficient (Wildman–Crippen LogP) is -0.554. The molecule has 0 radical (unpaired) electrons. The minimum Gasteiger partial charge on any atom is -0.478 e. The summed E-state index contributed by atoms with van der Waals surface area (Å²) in [6, 6.07) is 0. The van der Waals surface area contributed by atoms with Crippen molar-refractivity contribution in [1.82, 2.24) is 0 Å². The summed E-state index contributed by atoms with van der Waals surface area (Å²) < 4.78 is 21.5. The summed E-state index contributed by atoms with van der Waals surface area (Å²) in [5.74, 6) is -3.22. The molecule has 1 saturated heterocycles. The fraction of sp³-hybridized carbons (Fsp3) is 0.619. The Morgan fingerprint density at radius 3 is 2.44 bits per heavy atom. The Labute approximate surface area is 185 Å². The zero-order valence-corrected chi connectivity index (χ0v) is 17.9. The van der Waals surface area contributed by atoms with Crippen molar-refractivity contribution in [2.75, 3.05) is 13.2 Å². The van der Waals surface area contributed by atoms with Gasteiger partial charge in [0.15, 0.2) is 6.29 Å². The third-order valence-electron chi connectivity index (χ3n) is 5.56. The summed E-state index contributed by atoms with van der Waals surface area (Å²) in [6.45, 7) is 6.28. The number of esters is 1. The second kappa shape index (κ2) is 11.5. The maximum atomic E-state index is 11.9. The van der Waals surface area contributed by atoms with Crippen LogP contribution in [-0.2, 0) is 28.5 Å². The van der Waals surface area contributed by atoms with Gasteiger partial charge in [0.25, 0.3) is 0 Å². The second-order valence-electron chi connectivity index (χ2n) is 7.53. The quantitative estimate of drug-likeness (QED) is 0.170. The van der Waals surface area contributed by atoms with Gasteiger partial charge in [-0.3, -0.25) is 0 Å². The fourth-order valence-electron chi connectivity index (χ4n) is 3.49. The van der Waals surface area contributed by atoms with Crippen molar-refractivity contribution in [2.45, 2.75) is 57.3 Å². The lowest BCUT2D eigenvalue weighted by Crippen LogP contribution is -2.60. The van der Waals surface area contributed by atoms with Crippen LogP contribution < -0.4 is 0 Å². The number of aliphatic carboxylic acids is 1. The highest BCUT2D eigenvalue weighted by Crippen LogP contribution is 2.36. The van der Waals surface area contributed by atoms with E-state index < -0.39 is 67.4 Å². The van der Waals surface area contributed by atoms with Crippen molar-refractivity contribution >= 4 is 11.9 Å². The van der Waals surface area contributed by atoms with Crippen LogP contribution in [0.15, 0.2) is 36.1 Å². The molecule has 0 amide bonds. The van der Waals surface area contributed by atoms with Crippen LogP contribution in [0.5, 0.6) is 0 Å². The fourth-order valence-corrected chi connectivity index (χ4v) is 3.49. The van der Waals surface area contributed by atoms with Crippen molar-refractivity contribution in [3.8, 4) is 0 Å². The van der Waals surface area contributed by atoms with Crippen LogP contribution in [0.2, 0.25) is 0 Å². The zero-order valence-electron chi connectivity index (χ0n) is 17.9. The van der Waals surface area contributed by atoms with Crippen LogP contribution in [0.4, 0.5) is 0 Å². The summed E-state index contributed by atoms with van der Waals surface area (Å²) in [4.78, 5) is 23.6. The summed E-state index contributed by atoms with van der Waals surface area (Å²) in [6.07, 6.45) is -4.57. The molecule has 0 aromatic heterocycles. The minimum absolute atomic E-state index is 0.0730. The summed E-state index contributed by atoms with van der Waals surface area (Å²) >= 11 is 0. The molecule has 0 spiro atoms. The van der Waals surface area contributed by atoms with E-state index in [-0.39, 0.29) is 18.6 Å². The van der Waals surface area contributed by atoms with Crippen LogP contribution in [-0.4, -0.2) is 87.7 Å². The lowest BCUT2D eigenvalue weighted by atomic mass is 9.82. The molecule has 32 heavy (non-hydrogen) atoms. The van der Waals surface area contributed by atoms with Gasteiger partial charge in [-0.05, 0) is 20.3 Å². The first kappa shape index (κ1) is 26.0. The monoisotopic (exact) mass is 458 g/mol. The summed E-state index contributed by atoms with van der Waals surface area (Å²) in [5, 5.41) is 48.9. The van der Waals surface area contributed by atoms with E-state index in [0.29, 0.717) is 5.57 Å². The first-order valence-corrected chi connectivity index (χ1v) is 10.1. The molecule has 180 valence electrons. The molecule has 0 bridgehead atoms. The van der Waals surface area contributed by atoms with E-state index >= 15 is 0 Å². The van der Waals surface area contributed by atoms with E-state index in [9.17, 15) is 35.1 Å². The molecular formula is C21H30O11. The van der Waals surface area contributed by atoms with Crippen molar-refractivity contribution in [2.24, 2.45) is 11.8 Å². The highest BCUT2D eigenvalue weighted by Gasteiger charge is 2.47. The molecule has 1 fully saturated rings. The Kier molecular flexibility index (Phi) is 9.37. The number of carbonyl (C=O) groups is 2. The molecule has 0 aromatic carbocycles. The smallest absolute Gasteiger partial charge is 0.334 e. The number of carboxylic acid groups (broad SMARTS) is 1. The normalized spacial score (nSPS) is 35.4. The third kappa shape index (κ3) is 5.74. The standard InChI is InChI=1S/C21H30O11/c1-4-10(3)19(28)29-7-6-12-11(5-2)20(30-9-13(12)18(26)27)32-21-17(25)16(24)15(23)14(8-22)31-21/h4-5,9,11-12,14-17,20-25H,2,6-8H2,1,3H3,(H,26,27)/b10-4+/t11-,12+,14-,15-,16+,17-,20+,21+/m1/s1. The lowest BCUT2D eigenvalue weighted by molar-refractivity contribution is -0.339. The average molecular weight is 458 g/mol. The van der Waals surface area contributed by atoms with Gasteiger partial charge in [0.05, 0.1) is 25.0 Å². The van der Waals surface area contributed by atoms with Crippen LogP contribution in [0.1, 0.15) is 20.3 Å². The molecule has 0 unspecified atom stereocenters. The van der Waals surface area contributed by atoms with Gasteiger partial charge in [-0.25, -0.2) is 9.59 Å². The van der Waals surface area contributed by atoms with Gasteiger partial charge in [-0.1, -0.05) is 12.2 Å². The van der Waals surface area contributed by atoms with Crippen LogP contribution >= 0.6 is 0 Å². The lowest BCUT2D eigenvalue weighted by Gasteiger charge is -2.43. The van der Waals surface area contributed by atoms with Gasteiger partial charge in [-0.2, -0.15) is 0 Å². The number of carboxylic acids is 1. The molecule has 11 heteroatoms. The van der Waals surface area contributed by atoms with E-state index in [0.717, 1.165) is 6.26 Å². The van der Waals surface area contributed by atoms with E-state index in [1.54, 1.807) is 19.9 Å². The maximum absolute atomic E-state index is 11.9. The van der Waals surface area contributed by atoms with Gasteiger partial charge in [0.1, 0.15) is 24.4 Å². The maximum Gasteiger partial charge on any atom is 0.334 e. The van der Waals surface area contributed by atoms with E-state index in [1.165, 1.54) is 6.08 Å². The number of carbonyl (C=O) groups excluding carboxylic acids is 1. The molecule has 2 rings (SSSR count). The van der Waals surface area contributed by atoms with Crippen LogP contribution in [0, 0.1) is 11.8 Å². The topological polar surface area (TPSA) is 172 Å². The summed E-state index contributed by atoms with van der Waals surface area (Å²) in [7, 11) is 0. The Morgan fingerprint density at radius 2 is 1.88 bits per heavy atom. The highest BCUT2D eigenvalue weighted by molar-refractivity contribution is 5.88. The van der Waals surface area contributed by atoms with E-state index in [4.69, 9.17) is 18.9 Å². The van der Waals surface area contributed by atoms with Crippen molar-refractivity contribution in [1.29, 1.82) is 0 Å². The zero-order chi connectivity index (χ0) is 24.0. The van der Waals surface area contributed by atoms with Gasteiger partial charge in [0.2, 0.25) is 6.29 Å². The van der Waals surface area contributed by atoms with Gasteiger partial charge >= 0.3 is 11.9 Å². The highest BCUT2D eigenvalue weighted by atomic mass is 16.8. The Balaban J connectivity index is 2.16. The number of hydrogen-bond acceptors (Lipinski definition) is 10. The number of hydrogen-bond donors (Lipinski definition) is 5. The largest absolute Gasteiger partial charge is 0.478 e. The molecule has 8 atom stereocenters. The van der Waals surface area contributed by atoms with Gasteiger partial charge in [-0.15, -0.1) is 6.58 Å². The SMILES string of the molecule is C=C[C@H]1[C@H](O[C@@H]2O[C@H](CO)[C@@H](O)[C@H](O)[C@H]2O)OC=C(C(=O)O)[C@H]1CCOC(=O)/C(C)=C/C. The van der Waals surface area contributed by atoms with Crippen molar-refractivity contribution in [3.63, 3.8) is 0 Å². The van der Waals surface area contributed by atoms with Crippen LogP contribution in [0.3, 0.4) is 0 Å². The molecule has 2 aliphatic heterocycles. The Hall–Kier alpha value is -2.28. The van der Waals surface area contributed by atoms with Gasteiger partial charge < -0.3 is 44.5 Å². The van der Waals surface area contributed by atoms with E-state index in [1.807, 2.05) is 0 Å². The number of allylic oxidation sites excluding steroid dienone is 1. The summed E-state index contributed by atoms with van der Waals surface area (Å²) in [5.41, 5.74) is 0.331. The molecule has 0 aliphatic carbocycles. The van der Waals surface area contributed by atoms with Crippen molar-refractivity contribution in [3.05, 3.63) is 36.1 Å². The number of ether oxygens (including phenoxy) is 4. The van der Waals surface area contributed by atoms with Crippen molar-refractivity contribution < 1.29 is 54.1 Å². The van der Waals surface area contributed by atoms with Gasteiger partial charge in [0, 0.05) is 17.4 Å². The Morgan fingerprint density at radius 1 is 1.19 bits per heavy atom. The number of aliphatic hydroxyl groups excluding tert-OH is 4. The predicted molar refractivity (Wildman–Crippen MR) is 108 cm³/mol. The van der Waals surface area contributed by atoms with E-state index in [2.05, 4.69) is 6.58 Å². The molecule has 5 N–H and O–H groups in total.